The number of benzene rings is 1. The third-order valence-electron chi connectivity index (χ3n) is 3.89. The van der Waals surface area contributed by atoms with Crippen molar-refractivity contribution in [1.29, 1.82) is 0 Å². The summed E-state index contributed by atoms with van der Waals surface area (Å²) >= 11 is 5.42. The average molecular weight is 366 g/mol. The lowest BCUT2D eigenvalue weighted by Crippen LogP contribution is -2.23. The van der Waals surface area contributed by atoms with Crippen LogP contribution in [0.5, 0.6) is 5.75 Å². The van der Waals surface area contributed by atoms with E-state index in [0.29, 0.717) is 0 Å². The minimum atomic E-state index is 0.201. The van der Waals surface area contributed by atoms with Gasteiger partial charge in [-0.1, -0.05) is 22.0 Å². The predicted molar refractivity (Wildman–Crippen MR) is 92.3 cm³/mol. The summed E-state index contributed by atoms with van der Waals surface area (Å²) < 4.78 is 6.91. The van der Waals surface area contributed by atoms with Gasteiger partial charge in [-0.25, -0.2) is 0 Å². The van der Waals surface area contributed by atoms with Crippen LogP contribution in [0.3, 0.4) is 0 Å². The SMILES string of the molecule is NC(CCCc1cccs1)Cc1cc(Br)cc2c1OCC2. The van der Waals surface area contributed by atoms with E-state index in [0.717, 1.165) is 48.9 Å². The second-order valence-corrected chi connectivity index (χ2v) is 7.54. The summed E-state index contributed by atoms with van der Waals surface area (Å²) in [5, 5.41) is 2.14. The Morgan fingerprint density at radius 1 is 1.38 bits per heavy atom. The number of ether oxygens (including phenoxy) is 1. The first-order valence-electron chi connectivity index (χ1n) is 7.44. The summed E-state index contributed by atoms with van der Waals surface area (Å²) in [4.78, 5) is 1.45. The Labute approximate surface area is 138 Å². The van der Waals surface area contributed by atoms with E-state index in [9.17, 15) is 0 Å². The van der Waals surface area contributed by atoms with Crippen LogP contribution in [-0.2, 0) is 19.3 Å². The molecule has 2 nitrogen and oxygen atoms in total. The van der Waals surface area contributed by atoms with Crippen molar-refractivity contribution in [3.8, 4) is 5.75 Å². The molecule has 3 rings (SSSR count). The maximum absolute atomic E-state index is 6.32. The van der Waals surface area contributed by atoms with Crippen LogP contribution in [0.2, 0.25) is 0 Å². The fraction of sp³-hybridized carbons (Fsp3) is 0.412. The van der Waals surface area contributed by atoms with Crippen LogP contribution >= 0.6 is 27.3 Å². The molecule has 2 aromatic rings. The smallest absolute Gasteiger partial charge is 0.125 e. The topological polar surface area (TPSA) is 35.2 Å². The average Bonchev–Trinajstić information content (AvgIpc) is 3.09. The quantitative estimate of drug-likeness (QED) is 0.826. The van der Waals surface area contributed by atoms with Gasteiger partial charge in [-0.3, -0.25) is 0 Å². The molecule has 0 fully saturated rings. The van der Waals surface area contributed by atoms with Crippen molar-refractivity contribution in [3.05, 3.63) is 50.1 Å². The molecule has 1 aromatic heterocycles. The van der Waals surface area contributed by atoms with Gasteiger partial charge in [0.2, 0.25) is 0 Å². The standard InChI is InChI=1S/C17H20BrNOS/c18-14-9-12-6-7-20-17(12)13(10-14)11-15(19)3-1-4-16-5-2-8-21-16/h2,5,8-10,15H,1,3-4,6-7,11,19H2. The zero-order valence-corrected chi connectivity index (χ0v) is 14.4. The molecule has 1 aliphatic heterocycles. The highest BCUT2D eigenvalue weighted by atomic mass is 79.9. The molecule has 112 valence electrons. The number of fused-ring (bicyclic) bond motifs is 1. The Bertz CT molecular complexity index is 597. The van der Waals surface area contributed by atoms with Gasteiger partial charge in [0.1, 0.15) is 5.75 Å². The normalized spacial score (nSPS) is 14.8. The highest BCUT2D eigenvalue weighted by Crippen LogP contribution is 2.33. The number of nitrogens with two attached hydrogens (primary N) is 1. The van der Waals surface area contributed by atoms with Crippen LogP contribution in [0.15, 0.2) is 34.1 Å². The Morgan fingerprint density at radius 2 is 2.29 bits per heavy atom. The fourth-order valence-electron chi connectivity index (χ4n) is 2.88. The lowest BCUT2D eigenvalue weighted by atomic mass is 9.99. The molecule has 1 aromatic carbocycles. The van der Waals surface area contributed by atoms with Crippen molar-refractivity contribution in [1.82, 2.24) is 0 Å². The van der Waals surface area contributed by atoms with Gasteiger partial charge >= 0.3 is 0 Å². The Morgan fingerprint density at radius 3 is 3.10 bits per heavy atom. The lowest BCUT2D eigenvalue weighted by Gasteiger charge is -2.14. The maximum Gasteiger partial charge on any atom is 0.125 e. The highest BCUT2D eigenvalue weighted by Gasteiger charge is 2.18. The number of rotatable bonds is 6. The van der Waals surface area contributed by atoms with Gasteiger partial charge in [0, 0.05) is 21.8 Å². The summed E-state index contributed by atoms with van der Waals surface area (Å²) in [5.74, 6) is 1.08. The van der Waals surface area contributed by atoms with E-state index in [1.807, 2.05) is 11.3 Å². The van der Waals surface area contributed by atoms with Crippen LogP contribution in [0, 0.1) is 0 Å². The first-order chi connectivity index (χ1) is 10.2. The summed E-state index contributed by atoms with van der Waals surface area (Å²) in [7, 11) is 0. The molecule has 0 bridgehead atoms. The third kappa shape index (κ3) is 3.87. The molecule has 1 aliphatic rings. The predicted octanol–water partition coefficient (Wildman–Crippen LogP) is 4.34. The molecule has 21 heavy (non-hydrogen) atoms. The van der Waals surface area contributed by atoms with Crippen LogP contribution in [0.25, 0.3) is 0 Å². The van der Waals surface area contributed by atoms with Crippen molar-refractivity contribution in [3.63, 3.8) is 0 Å². The second-order valence-electron chi connectivity index (χ2n) is 5.59. The van der Waals surface area contributed by atoms with Gasteiger partial charge in [0.15, 0.2) is 0 Å². The summed E-state index contributed by atoms with van der Waals surface area (Å²) in [6.45, 7) is 0.798. The van der Waals surface area contributed by atoms with E-state index >= 15 is 0 Å². The molecule has 0 saturated carbocycles. The molecule has 4 heteroatoms. The summed E-state index contributed by atoms with van der Waals surface area (Å²) in [5.41, 5.74) is 8.88. The molecule has 1 atom stereocenters. The number of hydrogen-bond donors (Lipinski definition) is 1. The number of thiophene rings is 1. The Balaban J connectivity index is 1.56. The number of halogens is 1. The third-order valence-corrected chi connectivity index (χ3v) is 5.28. The van der Waals surface area contributed by atoms with E-state index in [2.05, 4.69) is 45.6 Å². The van der Waals surface area contributed by atoms with Crippen LogP contribution in [0.4, 0.5) is 0 Å². The maximum atomic E-state index is 6.32. The van der Waals surface area contributed by atoms with Crippen molar-refractivity contribution < 1.29 is 4.74 Å². The summed E-state index contributed by atoms with van der Waals surface area (Å²) in [6, 6.07) is 8.83. The van der Waals surface area contributed by atoms with Gasteiger partial charge in [-0.05, 0) is 60.4 Å². The van der Waals surface area contributed by atoms with E-state index in [1.54, 1.807) is 0 Å². The van der Waals surface area contributed by atoms with Crippen LogP contribution in [-0.4, -0.2) is 12.6 Å². The van der Waals surface area contributed by atoms with Crippen LogP contribution < -0.4 is 10.5 Å². The van der Waals surface area contributed by atoms with Gasteiger partial charge in [0.25, 0.3) is 0 Å². The van der Waals surface area contributed by atoms with E-state index in [1.165, 1.54) is 16.0 Å². The molecule has 0 saturated heterocycles. The number of aryl methyl sites for hydroxylation is 1. The van der Waals surface area contributed by atoms with Crippen molar-refractivity contribution in [2.75, 3.05) is 6.61 Å². The Hall–Kier alpha value is -0.840. The fourth-order valence-corrected chi connectivity index (χ4v) is 4.18. The molecule has 0 spiro atoms. The number of hydrogen-bond acceptors (Lipinski definition) is 3. The van der Waals surface area contributed by atoms with E-state index in [4.69, 9.17) is 10.5 Å². The summed E-state index contributed by atoms with van der Waals surface area (Å²) in [6.07, 6.45) is 5.25. The highest BCUT2D eigenvalue weighted by molar-refractivity contribution is 9.10. The molecule has 2 heterocycles. The zero-order chi connectivity index (χ0) is 14.7. The Kier molecular flexibility index (Phi) is 4.99. The molecule has 0 radical (unpaired) electrons. The first-order valence-corrected chi connectivity index (χ1v) is 9.11. The van der Waals surface area contributed by atoms with Gasteiger partial charge in [-0.2, -0.15) is 0 Å². The minimum absolute atomic E-state index is 0.201. The van der Waals surface area contributed by atoms with Crippen molar-refractivity contribution >= 4 is 27.3 Å². The molecule has 2 N–H and O–H groups in total. The van der Waals surface area contributed by atoms with Gasteiger partial charge in [0.05, 0.1) is 6.61 Å². The molecular formula is C17H20BrNOS. The molecule has 0 aliphatic carbocycles. The van der Waals surface area contributed by atoms with Crippen molar-refractivity contribution in [2.24, 2.45) is 5.73 Å². The van der Waals surface area contributed by atoms with Crippen molar-refractivity contribution in [2.45, 2.75) is 38.1 Å². The molecule has 1 unspecified atom stereocenters. The largest absolute Gasteiger partial charge is 0.493 e. The van der Waals surface area contributed by atoms with Gasteiger partial charge in [-0.15, -0.1) is 11.3 Å². The molecular weight excluding hydrogens is 346 g/mol. The van der Waals surface area contributed by atoms with Crippen LogP contribution in [0.1, 0.15) is 28.8 Å². The monoisotopic (exact) mass is 365 g/mol. The minimum Gasteiger partial charge on any atom is -0.493 e. The lowest BCUT2D eigenvalue weighted by molar-refractivity contribution is 0.352. The van der Waals surface area contributed by atoms with E-state index < -0.39 is 0 Å². The zero-order valence-electron chi connectivity index (χ0n) is 12.0. The second kappa shape index (κ2) is 6.95. The molecule has 0 amide bonds. The first kappa shape index (κ1) is 15.1. The van der Waals surface area contributed by atoms with E-state index in [-0.39, 0.29) is 6.04 Å². The van der Waals surface area contributed by atoms with Gasteiger partial charge < -0.3 is 10.5 Å².